The smallest absolute Gasteiger partial charge is 0.321 e. The van der Waals surface area contributed by atoms with Gasteiger partial charge in [0.05, 0.1) is 6.07 Å². The van der Waals surface area contributed by atoms with Crippen molar-refractivity contribution in [3.8, 4) is 6.07 Å². The van der Waals surface area contributed by atoms with E-state index >= 15 is 0 Å². The molecule has 0 heterocycles. The van der Waals surface area contributed by atoms with Crippen molar-refractivity contribution in [2.75, 3.05) is 0 Å². The first kappa shape index (κ1) is 11.0. The van der Waals surface area contributed by atoms with Crippen molar-refractivity contribution >= 4 is 5.97 Å². The van der Waals surface area contributed by atoms with Crippen LogP contribution in [0.25, 0.3) is 0 Å². The predicted octanol–water partition coefficient (Wildman–Crippen LogP) is 2.57. The number of nitriles is 1. The second-order valence-corrected chi connectivity index (χ2v) is 4.22. The Hall–Kier alpha value is -1.04. The Morgan fingerprint density at radius 1 is 1.57 bits per heavy atom. The maximum atomic E-state index is 11.0. The quantitative estimate of drug-likeness (QED) is 0.749. The molecule has 0 aromatic rings. The summed E-state index contributed by atoms with van der Waals surface area (Å²) < 4.78 is 0. The summed E-state index contributed by atoms with van der Waals surface area (Å²) in [6.07, 6.45) is 5.80. The number of carboxylic acid groups (broad SMARTS) is 1. The Balaban J connectivity index is 2.85. The van der Waals surface area contributed by atoms with Gasteiger partial charge < -0.3 is 5.11 Å². The average molecular weight is 195 g/mol. The first-order valence-electron chi connectivity index (χ1n) is 5.29. The molecule has 1 fully saturated rings. The third kappa shape index (κ3) is 1.89. The van der Waals surface area contributed by atoms with Crippen molar-refractivity contribution in [2.24, 2.45) is 11.3 Å². The van der Waals surface area contributed by atoms with Gasteiger partial charge in [-0.2, -0.15) is 5.26 Å². The molecule has 1 rings (SSSR count). The molecule has 0 amide bonds. The maximum absolute atomic E-state index is 11.0. The molecule has 1 aliphatic carbocycles. The van der Waals surface area contributed by atoms with Gasteiger partial charge in [0.2, 0.25) is 0 Å². The summed E-state index contributed by atoms with van der Waals surface area (Å²) in [6.45, 7) is 2.05. The number of hydrogen-bond donors (Lipinski definition) is 1. The monoisotopic (exact) mass is 195 g/mol. The molecule has 0 bridgehead atoms. The Bertz CT molecular complexity index is 249. The normalized spacial score (nSPS) is 21.4. The highest BCUT2D eigenvalue weighted by atomic mass is 16.4. The van der Waals surface area contributed by atoms with Crippen LogP contribution in [0, 0.1) is 22.7 Å². The number of nitrogens with zero attached hydrogens (tertiary/aromatic N) is 1. The van der Waals surface area contributed by atoms with E-state index in [9.17, 15) is 4.79 Å². The standard InChI is InChI=1S/C11H17NO2/c1-2-5-11(6-3-4-7-11)9(8-12)10(13)14/h9H,2-7H2,1H3,(H,13,14). The fourth-order valence-corrected chi connectivity index (χ4v) is 2.71. The topological polar surface area (TPSA) is 61.1 Å². The van der Waals surface area contributed by atoms with Gasteiger partial charge in [-0.3, -0.25) is 4.79 Å². The lowest BCUT2D eigenvalue weighted by Crippen LogP contribution is -2.32. The highest BCUT2D eigenvalue weighted by Gasteiger charge is 2.44. The molecule has 0 aliphatic heterocycles. The van der Waals surface area contributed by atoms with Gasteiger partial charge in [0.1, 0.15) is 5.92 Å². The first-order chi connectivity index (χ1) is 6.66. The lowest BCUT2D eigenvalue weighted by Gasteiger charge is -2.30. The molecule has 0 aromatic carbocycles. The molecule has 0 saturated heterocycles. The van der Waals surface area contributed by atoms with E-state index in [0.717, 1.165) is 38.5 Å². The number of aliphatic carboxylic acids is 1. The SMILES string of the molecule is CCCC1(C(C#N)C(=O)O)CCCC1. The Morgan fingerprint density at radius 2 is 2.14 bits per heavy atom. The maximum Gasteiger partial charge on any atom is 0.321 e. The molecule has 1 aliphatic rings. The van der Waals surface area contributed by atoms with Crippen LogP contribution in [0.3, 0.4) is 0 Å². The predicted molar refractivity (Wildman–Crippen MR) is 52.5 cm³/mol. The van der Waals surface area contributed by atoms with Crippen LogP contribution in [-0.2, 0) is 4.79 Å². The van der Waals surface area contributed by atoms with Gasteiger partial charge in [-0.15, -0.1) is 0 Å². The third-order valence-corrected chi connectivity index (χ3v) is 3.34. The van der Waals surface area contributed by atoms with E-state index in [4.69, 9.17) is 10.4 Å². The van der Waals surface area contributed by atoms with E-state index in [0.29, 0.717) is 0 Å². The lowest BCUT2D eigenvalue weighted by molar-refractivity contribution is -0.144. The van der Waals surface area contributed by atoms with Crippen molar-refractivity contribution in [1.82, 2.24) is 0 Å². The van der Waals surface area contributed by atoms with Crippen molar-refractivity contribution < 1.29 is 9.90 Å². The zero-order valence-corrected chi connectivity index (χ0v) is 8.62. The van der Waals surface area contributed by atoms with Crippen molar-refractivity contribution in [3.05, 3.63) is 0 Å². The summed E-state index contributed by atoms with van der Waals surface area (Å²) in [4.78, 5) is 11.0. The lowest BCUT2D eigenvalue weighted by atomic mass is 9.71. The molecule has 3 heteroatoms. The van der Waals surface area contributed by atoms with Gasteiger partial charge in [0, 0.05) is 0 Å². The molecule has 1 N–H and O–H groups in total. The number of rotatable bonds is 4. The van der Waals surface area contributed by atoms with Crippen LogP contribution in [0.4, 0.5) is 0 Å². The van der Waals surface area contributed by atoms with Crippen LogP contribution in [-0.4, -0.2) is 11.1 Å². The van der Waals surface area contributed by atoms with Crippen molar-refractivity contribution in [1.29, 1.82) is 5.26 Å². The van der Waals surface area contributed by atoms with Crippen LogP contribution in [0.5, 0.6) is 0 Å². The number of hydrogen-bond acceptors (Lipinski definition) is 2. The summed E-state index contributed by atoms with van der Waals surface area (Å²) in [5.74, 6) is -1.74. The molecule has 0 spiro atoms. The van der Waals surface area contributed by atoms with Gasteiger partial charge in [0.15, 0.2) is 0 Å². The molecule has 3 nitrogen and oxygen atoms in total. The highest BCUT2D eigenvalue weighted by molar-refractivity contribution is 5.74. The number of carbonyl (C=O) groups is 1. The zero-order chi connectivity index (χ0) is 10.6. The van der Waals surface area contributed by atoms with Crippen LogP contribution in [0.1, 0.15) is 45.4 Å². The zero-order valence-electron chi connectivity index (χ0n) is 8.62. The Morgan fingerprint density at radius 3 is 2.50 bits per heavy atom. The molecule has 0 aromatic heterocycles. The summed E-state index contributed by atoms with van der Waals surface area (Å²) in [7, 11) is 0. The largest absolute Gasteiger partial charge is 0.480 e. The first-order valence-corrected chi connectivity index (χ1v) is 5.29. The average Bonchev–Trinajstić information content (AvgIpc) is 2.55. The van der Waals surface area contributed by atoms with Crippen molar-refractivity contribution in [2.45, 2.75) is 45.4 Å². The molecule has 14 heavy (non-hydrogen) atoms. The Labute approximate surface area is 84.7 Å². The molecule has 0 radical (unpaired) electrons. The fourth-order valence-electron chi connectivity index (χ4n) is 2.71. The molecular weight excluding hydrogens is 178 g/mol. The van der Waals surface area contributed by atoms with Gasteiger partial charge in [-0.05, 0) is 24.7 Å². The third-order valence-electron chi connectivity index (χ3n) is 3.34. The molecule has 1 saturated carbocycles. The molecule has 78 valence electrons. The molecule has 1 atom stereocenters. The minimum atomic E-state index is -0.942. The van der Waals surface area contributed by atoms with E-state index in [1.54, 1.807) is 0 Å². The Kier molecular flexibility index (Phi) is 3.51. The van der Waals surface area contributed by atoms with E-state index < -0.39 is 11.9 Å². The summed E-state index contributed by atoms with van der Waals surface area (Å²) in [5, 5.41) is 17.9. The van der Waals surface area contributed by atoms with E-state index in [-0.39, 0.29) is 5.41 Å². The van der Waals surface area contributed by atoms with Gasteiger partial charge in [-0.1, -0.05) is 26.2 Å². The van der Waals surface area contributed by atoms with Crippen LogP contribution in [0.15, 0.2) is 0 Å². The van der Waals surface area contributed by atoms with E-state index in [2.05, 4.69) is 6.92 Å². The van der Waals surface area contributed by atoms with Crippen LogP contribution in [0.2, 0.25) is 0 Å². The van der Waals surface area contributed by atoms with Crippen LogP contribution >= 0.6 is 0 Å². The van der Waals surface area contributed by atoms with Gasteiger partial charge >= 0.3 is 5.97 Å². The number of carboxylic acids is 1. The van der Waals surface area contributed by atoms with Crippen molar-refractivity contribution in [3.63, 3.8) is 0 Å². The highest BCUT2D eigenvalue weighted by Crippen LogP contribution is 2.47. The van der Waals surface area contributed by atoms with E-state index in [1.165, 1.54) is 0 Å². The summed E-state index contributed by atoms with van der Waals surface area (Å²) in [6, 6.07) is 1.97. The minimum Gasteiger partial charge on any atom is -0.480 e. The fraction of sp³-hybridized carbons (Fsp3) is 0.818. The van der Waals surface area contributed by atoms with Gasteiger partial charge in [-0.25, -0.2) is 0 Å². The van der Waals surface area contributed by atoms with Crippen LogP contribution < -0.4 is 0 Å². The second-order valence-electron chi connectivity index (χ2n) is 4.22. The molecular formula is C11H17NO2. The van der Waals surface area contributed by atoms with E-state index in [1.807, 2.05) is 6.07 Å². The summed E-state index contributed by atoms with van der Waals surface area (Å²) in [5.41, 5.74) is -0.227. The molecule has 1 unspecified atom stereocenters. The minimum absolute atomic E-state index is 0.227. The summed E-state index contributed by atoms with van der Waals surface area (Å²) >= 11 is 0. The van der Waals surface area contributed by atoms with Gasteiger partial charge in [0.25, 0.3) is 0 Å². The second kappa shape index (κ2) is 4.45.